The summed E-state index contributed by atoms with van der Waals surface area (Å²) in [4.78, 5) is 26.3. The van der Waals surface area contributed by atoms with Crippen molar-refractivity contribution in [1.29, 1.82) is 0 Å². The Kier molecular flexibility index (Phi) is 4.74. The zero-order chi connectivity index (χ0) is 18.0. The van der Waals surface area contributed by atoms with Crippen LogP contribution in [0.3, 0.4) is 0 Å². The number of piperidine rings is 1. The predicted molar refractivity (Wildman–Crippen MR) is 95.6 cm³/mol. The van der Waals surface area contributed by atoms with Gasteiger partial charge in [0.1, 0.15) is 5.75 Å². The molecule has 1 heterocycles. The van der Waals surface area contributed by atoms with Crippen LogP contribution in [0.15, 0.2) is 42.5 Å². The molecule has 0 aliphatic carbocycles. The molecule has 0 spiro atoms. The van der Waals surface area contributed by atoms with E-state index in [9.17, 15) is 19.8 Å². The molecule has 25 heavy (non-hydrogen) atoms. The summed E-state index contributed by atoms with van der Waals surface area (Å²) in [6.45, 7) is 3.08. The van der Waals surface area contributed by atoms with Crippen molar-refractivity contribution in [3.05, 3.63) is 59.2 Å². The lowest BCUT2D eigenvalue weighted by Crippen LogP contribution is -2.37. The summed E-state index contributed by atoms with van der Waals surface area (Å²) >= 11 is 0. The number of hydrogen-bond donors (Lipinski definition) is 2. The molecule has 5 heteroatoms. The molecule has 1 fully saturated rings. The van der Waals surface area contributed by atoms with Crippen LogP contribution in [0, 0.1) is 0 Å². The first-order chi connectivity index (χ1) is 12.0. The smallest absolute Gasteiger partial charge is 0.336 e. The van der Waals surface area contributed by atoms with E-state index in [-0.39, 0.29) is 22.4 Å². The van der Waals surface area contributed by atoms with E-state index in [1.54, 1.807) is 24.3 Å². The van der Waals surface area contributed by atoms with E-state index < -0.39 is 11.8 Å². The lowest BCUT2D eigenvalue weighted by atomic mass is 9.96. The lowest BCUT2D eigenvalue weighted by Gasteiger charge is -2.35. The predicted octanol–water partition coefficient (Wildman–Crippen LogP) is 3.70. The van der Waals surface area contributed by atoms with E-state index >= 15 is 0 Å². The maximum atomic E-state index is 12.7. The number of phenolic OH excluding ortho intramolecular Hbond substituents is 1. The molecule has 1 aliphatic heterocycles. The first-order valence-corrected chi connectivity index (χ1v) is 8.45. The molecule has 5 nitrogen and oxygen atoms in total. The van der Waals surface area contributed by atoms with Gasteiger partial charge in [0.25, 0.3) is 0 Å². The Morgan fingerprint density at radius 3 is 2.40 bits per heavy atom. The summed E-state index contributed by atoms with van der Waals surface area (Å²) in [6.07, 6.45) is 3.41. The van der Waals surface area contributed by atoms with Crippen LogP contribution in [-0.4, -0.2) is 34.6 Å². The Bertz CT molecular complexity index is 815. The number of anilines is 1. The van der Waals surface area contributed by atoms with E-state index in [4.69, 9.17) is 0 Å². The minimum atomic E-state index is -1.16. The van der Waals surface area contributed by atoms with Crippen molar-refractivity contribution in [2.75, 3.05) is 11.4 Å². The molecule has 1 aliphatic rings. The quantitative estimate of drug-likeness (QED) is 0.831. The minimum absolute atomic E-state index is 0.0689. The summed E-state index contributed by atoms with van der Waals surface area (Å²) in [5.74, 6) is -1.78. The second-order valence-electron chi connectivity index (χ2n) is 6.42. The monoisotopic (exact) mass is 339 g/mol. The lowest BCUT2D eigenvalue weighted by molar-refractivity contribution is 0.0692. The SMILES string of the molecule is CC1CCCCN1c1ccc(C(=O)c2ccccc2C(=O)O)c(O)c1. The fraction of sp³-hybridized carbons (Fsp3) is 0.300. The third-order valence-electron chi connectivity index (χ3n) is 4.76. The van der Waals surface area contributed by atoms with Gasteiger partial charge in [-0.3, -0.25) is 4.79 Å². The maximum Gasteiger partial charge on any atom is 0.336 e. The van der Waals surface area contributed by atoms with Crippen LogP contribution in [0.2, 0.25) is 0 Å². The van der Waals surface area contributed by atoms with Crippen LogP contribution >= 0.6 is 0 Å². The van der Waals surface area contributed by atoms with E-state index in [2.05, 4.69) is 11.8 Å². The van der Waals surface area contributed by atoms with Gasteiger partial charge in [-0.25, -0.2) is 4.79 Å². The van der Waals surface area contributed by atoms with Crippen molar-refractivity contribution in [3.8, 4) is 5.75 Å². The van der Waals surface area contributed by atoms with Crippen molar-refractivity contribution in [2.45, 2.75) is 32.2 Å². The Labute approximate surface area is 146 Å². The molecular weight excluding hydrogens is 318 g/mol. The number of nitrogens with zero attached hydrogens (tertiary/aromatic N) is 1. The average molecular weight is 339 g/mol. The highest BCUT2D eigenvalue weighted by Gasteiger charge is 2.23. The van der Waals surface area contributed by atoms with Crippen molar-refractivity contribution in [2.24, 2.45) is 0 Å². The molecule has 2 N–H and O–H groups in total. The van der Waals surface area contributed by atoms with E-state index in [0.717, 1.165) is 25.1 Å². The first-order valence-electron chi connectivity index (χ1n) is 8.45. The van der Waals surface area contributed by atoms with Gasteiger partial charge in [0, 0.05) is 29.9 Å². The Hall–Kier alpha value is -2.82. The number of ketones is 1. The first kappa shape index (κ1) is 17.0. The van der Waals surface area contributed by atoms with Crippen LogP contribution in [0.25, 0.3) is 0 Å². The number of carbonyl (C=O) groups excluding carboxylic acids is 1. The van der Waals surface area contributed by atoms with E-state index in [1.807, 2.05) is 6.07 Å². The fourth-order valence-electron chi connectivity index (χ4n) is 3.39. The molecule has 3 rings (SSSR count). The number of aromatic carboxylic acids is 1. The van der Waals surface area contributed by atoms with Gasteiger partial charge in [-0.15, -0.1) is 0 Å². The average Bonchev–Trinajstić information content (AvgIpc) is 2.61. The van der Waals surface area contributed by atoms with Crippen molar-refractivity contribution >= 4 is 17.4 Å². The van der Waals surface area contributed by atoms with Gasteiger partial charge < -0.3 is 15.1 Å². The molecule has 1 atom stereocenters. The number of aromatic hydroxyl groups is 1. The Balaban J connectivity index is 1.94. The maximum absolute atomic E-state index is 12.7. The summed E-state index contributed by atoms with van der Waals surface area (Å²) in [7, 11) is 0. The molecule has 0 saturated carbocycles. The van der Waals surface area contributed by atoms with Gasteiger partial charge in [-0.1, -0.05) is 18.2 Å². The summed E-state index contributed by atoms with van der Waals surface area (Å²) in [5.41, 5.74) is 1.000. The van der Waals surface area contributed by atoms with Gasteiger partial charge in [0.2, 0.25) is 0 Å². The summed E-state index contributed by atoms with van der Waals surface area (Å²) in [6, 6.07) is 11.4. The van der Waals surface area contributed by atoms with Gasteiger partial charge in [-0.2, -0.15) is 0 Å². The highest BCUT2D eigenvalue weighted by atomic mass is 16.4. The third kappa shape index (κ3) is 3.36. The van der Waals surface area contributed by atoms with Crippen molar-refractivity contribution in [1.82, 2.24) is 0 Å². The highest BCUT2D eigenvalue weighted by molar-refractivity contribution is 6.15. The summed E-state index contributed by atoms with van der Waals surface area (Å²) in [5, 5.41) is 19.6. The molecule has 0 amide bonds. The molecule has 2 aromatic rings. The molecule has 0 bridgehead atoms. The fourth-order valence-corrected chi connectivity index (χ4v) is 3.39. The van der Waals surface area contributed by atoms with Crippen LogP contribution in [-0.2, 0) is 0 Å². The summed E-state index contributed by atoms with van der Waals surface area (Å²) < 4.78 is 0. The normalized spacial score (nSPS) is 17.3. The van der Waals surface area contributed by atoms with Gasteiger partial charge >= 0.3 is 5.97 Å². The van der Waals surface area contributed by atoms with Crippen molar-refractivity contribution < 1.29 is 19.8 Å². The Morgan fingerprint density at radius 2 is 1.76 bits per heavy atom. The van der Waals surface area contributed by atoms with Crippen molar-refractivity contribution in [3.63, 3.8) is 0 Å². The Morgan fingerprint density at radius 1 is 1.04 bits per heavy atom. The standard InChI is InChI=1S/C20H21NO4/c1-13-6-4-5-11-21(13)14-9-10-17(18(22)12-14)19(23)15-7-2-3-8-16(15)20(24)25/h2-3,7-10,12-13,22H,4-6,11H2,1H3,(H,24,25). The number of rotatable bonds is 4. The zero-order valence-electron chi connectivity index (χ0n) is 14.1. The van der Waals surface area contributed by atoms with Gasteiger partial charge in [0.05, 0.1) is 11.1 Å². The van der Waals surface area contributed by atoms with Gasteiger partial charge in [0.15, 0.2) is 5.78 Å². The minimum Gasteiger partial charge on any atom is -0.507 e. The number of benzene rings is 2. The van der Waals surface area contributed by atoms with Crippen LogP contribution in [0.1, 0.15) is 52.5 Å². The number of carboxylic acids is 1. The molecule has 2 aromatic carbocycles. The van der Waals surface area contributed by atoms with E-state index in [0.29, 0.717) is 6.04 Å². The van der Waals surface area contributed by atoms with E-state index in [1.165, 1.54) is 18.6 Å². The highest BCUT2D eigenvalue weighted by Crippen LogP contribution is 2.31. The molecule has 0 aromatic heterocycles. The van der Waals surface area contributed by atoms with Crippen LogP contribution in [0.5, 0.6) is 5.75 Å². The van der Waals surface area contributed by atoms with Crippen LogP contribution < -0.4 is 4.90 Å². The second-order valence-corrected chi connectivity index (χ2v) is 6.42. The van der Waals surface area contributed by atoms with Crippen LogP contribution in [0.4, 0.5) is 5.69 Å². The topological polar surface area (TPSA) is 77.8 Å². The molecule has 0 radical (unpaired) electrons. The molecule has 130 valence electrons. The second kappa shape index (κ2) is 6.97. The number of carbonyl (C=O) groups is 2. The zero-order valence-corrected chi connectivity index (χ0v) is 14.1. The number of hydrogen-bond acceptors (Lipinski definition) is 4. The molecule has 1 unspecified atom stereocenters. The molecular formula is C20H21NO4. The van der Waals surface area contributed by atoms with Gasteiger partial charge in [-0.05, 0) is 44.4 Å². The third-order valence-corrected chi connectivity index (χ3v) is 4.76. The number of phenols is 1. The number of carboxylic acid groups (broad SMARTS) is 1. The molecule has 1 saturated heterocycles. The largest absolute Gasteiger partial charge is 0.507 e.